The van der Waals surface area contributed by atoms with E-state index in [0.29, 0.717) is 0 Å². The molecule has 2 heteroatoms. The van der Waals surface area contributed by atoms with Crippen LogP contribution in [0.4, 0.5) is 5.69 Å². The van der Waals surface area contributed by atoms with E-state index < -0.39 is 5.41 Å². The number of carbonyl (C=O) groups excluding carboxylic acids is 1. The van der Waals surface area contributed by atoms with E-state index in [9.17, 15) is 4.79 Å². The summed E-state index contributed by atoms with van der Waals surface area (Å²) in [4.78, 5) is 13.7. The van der Waals surface area contributed by atoms with Crippen LogP contribution >= 0.6 is 0 Å². The largest absolute Gasteiger partial charge is 0.314 e. The molecule has 1 aliphatic heterocycles. The predicted octanol–water partition coefficient (Wildman–Crippen LogP) is 2.11. The molecule has 0 N–H and O–H groups in total. The first-order chi connectivity index (χ1) is 6.61. The first-order valence-corrected chi connectivity index (χ1v) is 4.62. The normalized spacial score (nSPS) is 25.0. The molecule has 0 bridgehead atoms. The molecule has 0 unspecified atom stereocenters. The van der Waals surface area contributed by atoms with Crippen molar-refractivity contribution in [1.29, 1.82) is 0 Å². The van der Waals surface area contributed by atoms with Crippen molar-refractivity contribution in [3.05, 3.63) is 42.5 Å². The minimum absolute atomic E-state index is 0.0914. The molecule has 0 saturated heterocycles. The summed E-state index contributed by atoms with van der Waals surface area (Å²) in [5.74, 6) is 0.0914. The number of benzene rings is 1. The van der Waals surface area contributed by atoms with Crippen LogP contribution in [-0.4, -0.2) is 13.0 Å². The third kappa shape index (κ3) is 0.882. The van der Waals surface area contributed by atoms with Gasteiger partial charge in [0.15, 0.2) is 0 Å². The molecule has 0 radical (unpaired) electrons. The van der Waals surface area contributed by atoms with Gasteiger partial charge in [-0.25, -0.2) is 0 Å². The highest BCUT2D eigenvalue weighted by Crippen LogP contribution is 2.41. The van der Waals surface area contributed by atoms with E-state index in [-0.39, 0.29) is 5.91 Å². The number of nitrogens with zero attached hydrogens (tertiary/aromatic N) is 1. The molecule has 0 aromatic heterocycles. The van der Waals surface area contributed by atoms with Gasteiger partial charge in [-0.1, -0.05) is 24.3 Å². The summed E-state index contributed by atoms with van der Waals surface area (Å²) in [6.07, 6.45) is 1.72. The van der Waals surface area contributed by atoms with Crippen molar-refractivity contribution in [3.8, 4) is 0 Å². The second-order valence-corrected chi connectivity index (χ2v) is 3.79. The highest BCUT2D eigenvalue weighted by Gasteiger charge is 2.43. The third-order valence-corrected chi connectivity index (χ3v) is 2.98. The lowest BCUT2D eigenvalue weighted by Crippen LogP contribution is -2.34. The zero-order valence-corrected chi connectivity index (χ0v) is 8.45. The predicted molar refractivity (Wildman–Crippen MR) is 57.4 cm³/mol. The van der Waals surface area contributed by atoms with Gasteiger partial charge in [0, 0.05) is 12.7 Å². The fraction of sp³-hybridized carbons (Fsp3) is 0.250. The molecule has 2 nitrogen and oxygen atoms in total. The topological polar surface area (TPSA) is 20.3 Å². The van der Waals surface area contributed by atoms with Gasteiger partial charge in [0.25, 0.3) is 0 Å². The number of carbonyl (C=O) groups is 1. The van der Waals surface area contributed by atoms with E-state index in [1.807, 2.05) is 31.2 Å². The van der Waals surface area contributed by atoms with Crippen molar-refractivity contribution in [2.24, 2.45) is 0 Å². The number of hydrogen-bond donors (Lipinski definition) is 0. The number of amides is 1. The molecule has 72 valence electrons. The van der Waals surface area contributed by atoms with Crippen LogP contribution in [0.2, 0.25) is 0 Å². The average molecular weight is 187 g/mol. The summed E-state index contributed by atoms with van der Waals surface area (Å²) in [5, 5.41) is 0. The second kappa shape index (κ2) is 2.71. The Morgan fingerprint density at radius 1 is 1.43 bits per heavy atom. The Kier molecular flexibility index (Phi) is 1.74. The van der Waals surface area contributed by atoms with Crippen molar-refractivity contribution < 1.29 is 4.79 Å². The summed E-state index contributed by atoms with van der Waals surface area (Å²) in [5.41, 5.74) is 1.48. The van der Waals surface area contributed by atoms with Crippen LogP contribution in [-0.2, 0) is 10.2 Å². The van der Waals surface area contributed by atoms with Crippen molar-refractivity contribution in [3.63, 3.8) is 0 Å². The number of likely N-dealkylation sites (N-methyl/N-ethyl adjacent to an activating group) is 1. The molecule has 14 heavy (non-hydrogen) atoms. The Balaban J connectivity index is 2.70. The van der Waals surface area contributed by atoms with Crippen LogP contribution in [0.3, 0.4) is 0 Å². The monoisotopic (exact) mass is 187 g/mol. The highest BCUT2D eigenvalue weighted by molar-refractivity contribution is 6.08. The van der Waals surface area contributed by atoms with Gasteiger partial charge in [0.2, 0.25) is 5.91 Å². The molecule has 0 fully saturated rings. The molecule has 1 aliphatic rings. The van der Waals surface area contributed by atoms with Gasteiger partial charge in [0.05, 0.1) is 5.41 Å². The quantitative estimate of drug-likeness (QED) is 0.616. The fourth-order valence-electron chi connectivity index (χ4n) is 1.98. The summed E-state index contributed by atoms with van der Waals surface area (Å²) in [7, 11) is 1.80. The lowest BCUT2D eigenvalue weighted by atomic mass is 9.84. The number of fused-ring (bicyclic) bond motifs is 1. The van der Waals surface area contributed by atoms with Gasteiger partial charge in [0.1, 0.15) is 0 Å². The smallest absolute Gasteiger partial charge is 0.241 e. The molecule has 0 saturated carbocycles. The van der Waals surface area contributed by atoms with E-state index in [1.165, 1.54) is 0 Å². The van der Waals surface area contributed by atoms with Gasteiger partial charge >= 0.3 is 0 Å². The number of anilines is 1. The third-order valence-electron chi connectivity index (χ3n) is 2.98. The van der Waals surface area contributed by atoms with Crippen molar-refractivity contribution >= 4 is 11.6 Å². The van der Waals surface area contributed by atoms with Crippen LogP contribution < -0.4 is 4.90 Å². The molecule has 1 aromatic carbocycles. The second-order valence-electron chi connectivity index (χ2n) is 3.79. The minimum atomic E-state index is -0.550. The standard InChI is InChI=1S/C12H13NO/c1-4-12(2)9-7-5-6-8-10(9)13(3)11(12)14/h4-8H,1H2,2-3H3/t12-/m1/s1. The van der Waals surface area contributed by atoms with Crippen LogP contribution in [0, 0.1) is 0 Å². The van der Waals surface area contributed by atoms with Crippen LogP contribution in [0.1, 0.15) is 12.5 Å². The first-order valence-electron chi connectivity index (χ1n) is 4.62. The molecular formula is C12H13NO. The molecule has 0 spiro atoms. The number of para-hydroxylation sites is 1. The Labute approximate surface area is 83.8 Å². The van der Waals surface area contributed by atoms with Crippen molar-refractivity contribution in [2.75, 3.05) is 11.9 Å². The molecule has 0 aliphatic carbocycles. The Hall–Kier alpha value is -1.57. The summed E-state index contributed by atoms with van der Waals surface area (Å²) in [6, 6.07) is 7.84. The summed E-state index contributed by atoms with van der Waals surface area (Å²) < 4.78 is 0. The molecule has 1 aromatic rings. The van der Waals surface area contributed by atoms with Crippen LogP contribution in [0.25, 0.3) is 0 Å². The maximum atomic E-state index is 12.0. The molecular weight excluding hydrogens is 174 g/mol. The van der Waals surface area contributed by atoms with E-state index in [0.717, 1.165) is 11.3 Å². The lowest BCUT2D eigenvalue weighted by Gasteiger charge is -2.17. The summed E-state index contributed by atoms with van der Waals surface area (Å²) in [6.45, 7) is 5.66. The molecule has 1 heterocycles. The van der Waals surface area contributed by atoms with Crippen LogP contribution in [0.15, 0.2) is 36.9 Å². The molecule has 1 atom stereocenters. The van der Waals surface area contributed by atoms with Gasteiger partial charge in [-0.05, 0) is 18.6 Å². The highest BCUT2D eigenvalue weighted by atomic mass is 16.2. The van der Waals surface area contributed by atoms with Crippen LogP contribution in [0.5, 0.6) is 0 Å². The zero-order chi connectivity index (χ0) is 10.3. The van der Waals surface area contributed by atoms with Crippen molar-refractivity contribution in [2.45, 2.75) is 12.3 Å². The minimum Gasteiger partial charge on any atom is -0.314 e. The molecule has 1 amide bonds. The maximum Gasteiger partial charge on any atom is 0.241 e. The van der Waals surface area contributed by atoms with Gasteiger partial charge in [-0.2, -0.15) is 0 Å². The van der Waals surface area contributed by atoms with Crippen molar-refractivity contribution in [1.82, 2.24) is 0 Å². The first kappa shape index (κ1) is 9.00. The van der Waals surface area contributed by atoms with E-state index in [1.54, 1.807) is 18.0 Å². The fourth-order valence-corrected chi connectivity index (χ4v) is 1.98. The van der Waals surface area contributed by atoms with Gasteiger partial charge < -0.3 is 4.90 Å². The summed E-state index contributed by atoms with van der Waals surface area (Å²) >= 11 is 0. The average Bonchev–Trinajstić information content (AvgIpc) is 2.43. The van der Waals surface area contributed by atoms with E-state index in [2.05, 4.69) is 6.58 Å². The molecule has 2 rings (SSSR count). The number of hydrogen-bond acceptors (Lipinski definition) is 1. The SMILES string of the molecule is C=C[C@@]1(C)C(=O)N(C)c2ccccc21. The Morgan fingerprint density at radius 2 is 2.07 bits per heavy atom. The Morgan fingerprint density at radius 3 is 2.71 bits per heavy atom. The zero-order valence-electron chi connectivity index (χ0n) is 8.45. The lowest BCUT2D eigenvalue weighted by molar-refractivity contribution is -0.120. The maximum absolute atomic E-state index is 12.0. The van der Waals surface area contributed by atoms with Gasteiger partial charge in [-0.3, -0.25) is 4.79 Å². The Bertz CT molecular complexity index is 411. The van der Waals surface area contributed by atoms with Gasteiger partial charge in [-0.15, -0.1) is 6.58 Å². The number of rotatable bonds is 1. The van der Waals surface area contributed by atoms with E-state index in [4.69, 9.17) is 0 Å². The van der Waals surface area contributed by atoms with E-state index >= 15 is 0 Å².